The number of hydrogen-bond acceptors (Lipinski definition) is 3. The topological polar surface area (TPSA) is 39.2 Å². The summed E-state index contributed by atoms with van der Waals surface area (Å²) in [4.78, 5) is 17.0. The summed E-state index contributed by atoms with van der Waals surface area (Å²) in [6.45, 7) is 2.32. The van der Waals surface area contributed by atoms with Crippen LogP contribution in [0.2, 0.25) is 0 Å². The Morgan fingerprint density at radius 1 is 1.35 bits per heavy atom. The van der Waals surface area contributed by atoms with Crippen molar-refractivity contribution in [3.63, 3.8) is 0 Å². The van der Waals surface area contributed by atoms with Crippen molar-refractivity contribution in [1.29, 1.82) is 0 Å². The van der Waals surface area contributed by atoms with E-state index in [1.165, 1.54) is 0 Å². The molecule has 2 aromatic rings. The lowest BCUT2D eigenvalue weighted by atomic mass is 9.77. The fourth-order valence-electron chi connectivity index (χ4n) is 2.46. The molecule has 1 aromatic heterocycles. The molecule has 3 nitrogen and oxygen atoms in total. The number of carbonyl (C=O) groups excluding carboxylic acids is 1. The van der Waals surface area contributed by atoms with Crippen molar-refractivity contribution >= 4 is 21.7 Å². The van der Waals surface area contributed by atoms with Gasteiger partial charge < -0.3 is 4.74 Å². The highest BCUT2D eigenvalue weighted by molar-refractivity contribution is 9.10. The second-order valence-corrected chi connectivity index (χ2v) is 6.23. The van der Waals surface area contributed by atoms with Gasteiger partial charge in [-0.15, -0.1) is 0 Å². The first-order valence-electron chi connectivity index (χ1n) is 6.46. The lowest BCUT2D eigenvalue weighted by molar-refractivity contribution is 0.0648. The molecule has 0 saturated carbocycles. The minimum absolute atomic E-state index is 0.122. The second kappa shape index (κ2) is 5.02. The fourth-order valence-corrected chi connectivity index (χ4v) is 2.80. The zero-order chi connectivity index (χ0) is 14.2. The molecule has 0 spiro atoms. The standard InChI is InChI=1S/C16H14BrNO2/c1-16(9-12-4-2-3-7-18-12)10-20-14-8-11(17)5-6-13(14)15(16)19/h2-8H,9-10H2,1H3. The number of carbonyl (C=O) groups is 1. The van der Waals surface area contributed by atoms with E-state index >= 15 is 0 Å². The Kier molecular flexibility index (Phi) is 3.34. The predicted octanol–water partition coefficient (Wildman–Crippen LogP) is 3.67. The number of aromatic nitrogens is 1. The van der Waals surface area contributed by atoms with E-state index < -0.39 is 5.41 Å². The lowest BCUT2D eigenvalue weighted by Gasteiger charge is -2.33. The number of rotatable bonds is 2. The number of halogens is 1. The monoisotopic (exact) mass is 331 g/mol. The molecule has 0 radical (unpaired) electrons. The van der Waals surface area contributed by atoms with Crippen molar-refractivity contribution in [1.82, 2.24) is 4.98 Å². The van der Waals surface area contributed by atoms with Gasteiger partial charge in [0.1, 0.15) is 12.4 Å². The molecule has 102 valence electrons. The molecule has 0 fully saturated rings. The predicted molar refractivity (Wildman–Crippen MR) is 80.0 cm³/mol. The van der Waals surface area contributed by atoms with Gasteiger partial charge in [0.25, 0.3) is 0 Å². The number of hydrogen-bond donors (Lipinski definition) is 0. The first kappa shape index (κ1) is 13.3. The highest BCUT2D eigenvalue weighted by Crippen LogP contribution is 2.37. The van der Waals surface area contributed by atoms with Crippen LogP contribution in [0.3, 0.4) is 0 Å². The average molecular weight is 332 g/mol. The Balaban J connectivity index is 1.93. The molecular weight excluding hydrogens is 318 g/mol. The van der Waals surface area contributed by atoms with E-state index in [2.05, 4.69) is 20.9 Å². The van der Waals surface area contributed by atoms with E-state index in [4.69, 9.17) is 4.74 Å². The number of benzene rings is 1. The third-order valence-corrected chi connectivity index (χ3v) is 4.07. The Labute approximate surface area is 126 Å². The quantitative estimate of drug-likeness (QED) is 0.842. The lowest BCUT2D eigenvalue weighted by Crippen LogP contribution is -2.40. The number of Topliss-reactive ketones (excluding diaryl/α,β-unsaturated/α-hetero) is 1. The molecule has 1 aliphatic rings. The SMILES string of the molecule is CC1(Cc2ccccn2)COc2cc(Br)ccc2C1=O. The van der Waals surface area contributed by atoms with E-state index in [0.717, 1.165) is 10.2 Å². The van der Waals surface area contributed by atoms with E-state index in [1.807, 2.05) is 43.3 Å². The first-order valence-corrected chi connectivity index (χ1v) is 7.25. The highest BCUT2D eigenvalue weighted by atomic mass is 79.9. The normalized spacial score (nSPS) is 21.2. The van der Waals surface area contributed by atoms with Gasteiger partial charge >= 0.3 is 0 Å². The van der Waals surface area contributed by atoms with Gasteiger partial charge in [-0.1, -0.05) is 22.0 Å². The first-order chi connectivity index (χ1) is 9.58. The minimum atomic E-state index is -0.560. The van der Waals surface area contributed by atoms with E-state index in [0.29, 0.717) is 24.3 Å². The van der Waals surface area contributed by atoms with Crippen LogP contribution >= 0.6 is 15.9 Å². The molecule has 0 aliphatic carbocycles. The minimum Gasteiger partial charge on any atom is -0.492 e. The van der Waals surface area contributed by atoms with Crippen LogP contribution < -0.4 is 4.74 Å². The number of fused-ring (bicyclic) bond motifs is 1. The molecule has 0 saturated heterocycles. The van der Waals surface area contributed by atoms with Crippen LogP contribution in [0.1, 0.15) is 23.0 Å². The molecular formula is C16H14BrNO2. The number of ether oxygens (including phenoxy) is 1. The van der Waals surface area contributed by atoms with Crippen LogP contribution in [0.5, 0.6) is 5.75 Å². The van der Waals surface area contributed by atoms with E-state index in [9.17, 15) is 4.79 Å². The number of pyridine rings is 1. The summed E-state index contributed by atoms with van der Waals surface area (Å²) in [5.74, 6) is 0.778. The van der Waals surface area contributed by atoms with Crippen LogP contribution in [-0.2, 0) is 6.42 Å². The molecule has 0 N–H and O–H groups in total. The Morgan fingerprint density at radius 2 is 2.20 bits per heavy atom. The van der Waals surface area contributed by atoms with E-state index in [1.54, 1.807) is 6.20 Å². The van der Waals surface area contributed by atoms with Crippen LogP contribution in [0.4, 0.5) is 0 Å². The number of ketones is 1. The van der Waals surface area contributed by atoms with Gasteiger partial charge in [0, 0.05) is 22.8 Å². The molecule has 2 heterocycles. The molecule has 3 rings (SSSR count). The summed E-state index contributed by atoms with van der Waals surface area (Å²) in [6, 6.07) is 11.3. The molecule has 1 aliphatic heterocycles. The summed E-state index contributed by atoms with van der Waals surface area (Å²) < 4.78 is 6.70. The van der Waals surface area contributed by atoms with Crippen LogP contribution in [0.15, 0.2) is 47.1 Å². The Hall–Kier alpha value is -1.68. The molecule has 4 heteroatoms. The third kappa shape index (κ3) is 2.36. The van der Waals surface area contributed by atoms with Crippen LogP contribution in [-0.4, -0.2) is 17.4 Å². The fraction of sp³-hybridized carbons (Fsp3) is 0.250. The molecule has 1 unspecified atom stereocenters. The third-order valence-electron chi connectivity index (χ3n) is 3.58. The average Bonchev–Trinajstić information content (AvgIpc) is 2.45. The molecule has 1 atom stereocenters. The molecule has 20 heavy (non-hydrogen) atoms. The van der Waals surface area contributed by atoms with Gasteiger partial charge in [-0.3, -0.25) is 9.78 Å². The summed E-state index contributed by atoms with van der Waals surface area (Å²) in [5, 5.41) is 0. The largest absolute Gasteiger partial charge is 0.492 e. The molecule has 0 bridgehead atoms. The maximum Gasteiger partial charge on any atom is 0.176 e. The van der Waals surface area contributed by atoms with Crippen molar-refractivity contribution in [2.45, 2.75) is 13.3 Å². The van der Waals surface area contributed by atoms with Gasteiger partial charge in [-0.05, 0) is 37.3 Å². The van der Waals surface area contributed by atoms with Crippen molar-refractivity contribution in [2.24, 2.45) is 5.41 Å². The van der Waals surface area contributed by atoms with Crippen molar-refractivity contribution in [3.05, 3.63) is 58.3 Å². The van der Waals surface area contributed by atoms with Gasteiger partial charge in [0.15, 0.2) is 5.78 Å². The highest BCUT2D eigenvalue weighted by Gasteiger charge is 2.40. The smallest absolute Gasteiger partial charge is 0.176 e. The second-order valence-electron chi connectivity index (χ2n) is 5.32. The van der Waals surface area contributed by atoms with Gasteiger partial charge in [0.05, 0.1) is 11.0 Å². The summed E-state index contributed by atoms with van der Waals surface area (Å²) in [5.41, 5.74) is 1.00. The van der Waals surface area contributed by atoms with Crippen molar-refractivity contribution in [3.8, 4) is 5.75 Å². The van der Waals surface area contributed by atoms with Crippen molar-refractivity contribution < 1.29 is 9.53 Å². The zero-order valence-corrected chi connectivity index (χ0v) is 12.7. The van der Waals surface area contributed by atoms with Gasteiger partial charge in [0.2, 0.25) is 0 Å². The van der Waals surface area contributed by atoms with E-state index in [-0.39, 0.29) is 5.78 Å². The number of nitrogens with zero attached hydrogens (tertiary/aromatic N) is 1. The Morgan fingerprint density at radius 3 is 2.95 bits per heavy atom. The summed E-state index contributed by atoms with van der Waals surface area (Å²) in [7, 11) is 0. The molecule has 0 amide bonds. The Bertz CT molecular complexity index is 657. The maximum atomic E-state index is 12.7. The summed E-state index contributed by atoms with van der Waals surface area (Å²) >= 11 is 3.39. The van der Waals surface area contributed by atoms with Gasteiger partial charge in [-0.25, -0.2) is 0 Å². The maximum absolute atomic E-state index is 12.7. The van der Waals surface area contributed by atoms with Crippen molar-refractivity contribution in [2.75, 3.05) is 6.61 Å². The van der Waals surface area contributed by atoms with Gasteiger partial charge in [-0.2, -0.15) is 0 Å². The molecule has 1 aromatic carbocycles. The van der Waals surface area contributed by atoms with Crippen LogP contribution in [0, 0.1) is 5.41 Å². The summed E-state index contributed by atoms with van der Waals surface area (Å²) in [6.07, 6.45) is 2.33. The van der Waals surface area contributed by atoms with Crippen LogP contribution in [0.25, 0.3) is 0 Å². The zero-order valence-electron chi connectivity index (χ0n) is 11.1.